The third-order valence-electron chi connectivity index (χ3n) is 1.32. The Morgan fingerprint density at radius 1 is 1.33 bits per heavy atom. The first-order valence-corrected chi connectivity index (χ1v) is 5.35. The zero-order chi connectivity index (χ0) is 9.94. The quantitative estimate of drug-likeness (QED) is 0.678. The summed E-state index contributed by atoms with van der Waals surface area (Å²) in [5.41, 5.74) is 0. The van der Waals surface area contributed by atoms with Gasteiger partial charge in [0.25, 0.3) is 6.43 Å². The van der Waals surface area contributed by atoms with Gasteiger partial charge in [-0.2, -0.15) is 4.31 Å². The Morgan fingerprint density at radius 3 is 1.83 bits per heavy atom. The molecular weight excluding hydrogens is 188 g/mol. The number of sulfonamides is 1. The average Bonchev–Trinajstić information content (AvgIpc) is 1.79. The molecule has 0 unspecified atom stereocenters. The minimum absolute atomic E-state index is 0.422. The van der Waals surface area contributed by atoms with Crippen molar-refractivity contribution in [3.05, 3.63) is 0 Å². The molecule has 0 aliphatic heterocycles. The molecule has 12 heavy (non-hydrogen) atoms. The van der Waals surface area contributed by atoms with E-state index in [4.69, 9.17) is 0 Å². The highest BCUT2D eigenvalue weighted by molar-refractivity contribution is 7.88. The van der Waals surface area contributed by atoms with Gasteiger partial charge in [-0.3, -0.25) is 0 Å². The van der Waals surface area contributed by atoms with Crippen molar-refractivity contribution in [2.45, 2.75) is 26.3 Å². The molecule has 0 amide bonds. The third kappa shape index (κ3) is 3.96. The molecule has 6 heteroatoms. The van der Waals surface area contributed by atoms with Crippen molar-refractivity contribution >= 4 is 10.0 Å². The Morgan fingerprint density at radius 2 is 1.75 bits per heavy atom. The van der Waals surface area contributed by atoms with Crippen LogP contribution < -0.4 is 0 Å². The van der Waals surface area contributed by atoms with Crippen LogP contribution in [0.15, 0.2) is 0 Å². The summed E-state index contributed by atoms with van der Waals surface area (Å²) in [5, 5.41) is 0. The van der Waals surface area contributed by atoms with Crippen molar-refractivity contribution in [3.8, 4) is 0 Å². The van der Waals surface area contributed by atoms with Gasteiger partial charge in [0.05, 0.1) is 12.8 Å². The standard InChI is InChI=1S/C6H13F2NO2S/c1-5(2)9(4-6(7)8)12(3,10)11/h5-6H,4H2,1-3H3. The fourth-order valence-electron chi connectivity index (χ4n) is 0.865. The molecule has 0 spiro atoms. The van der Waals surface area contributed by atoms with Gasteiger partial charge in [0.15, 0.2) is 0 Å². The summed E-state index contributed by atoms with van der Waals surface area (Å²) in [6.45, 7) is 2.39. The van der Waals surface area contributed by atoms with Gasteiger partial charge < -0.3 is 0 Å². The van der Waals surface area contributed by atoms with Gasteiger partial charge in [0.2, 0.25) is 10.0 Å². The molecule has 74 valence electrons. The van der Waals surface area contributed by atoms with Gasteiger partial charge in [-0.05, 0) is 13.8 Å². The lowest BCUT2D eigenvalue weighted by molar-refractivity contribution is 0.111. The van der Waals surface area contributed by atoms with Crippen LogP contribution in [0.5, 0.6) is 0 Å². The van der Waals surface area contributed by atoms with Crippen molar-refractivity contribution in [1.29, 1.82) is 0 Å². The summed E-state index contributed by atoms with van der Waals surface area (Å²) in [7, 11) is -3.51. The molecule has 0 aromatic carbocycles. The van der Waals surface area contributed by atoms with E-state index in [9.17, 15) is 17.2 Å². The molecule has 0 aromatic heterocycles. The van der Waals surface area contributed by atoms with Crippen molar-refractivity contribution in [2.24, 2.45) is 0 Å². The molecule has 0 bridgehead atoms. The highest BCUT2D eigenvalue weighted by Gasteiger charge is 2.23. The predicted molar refractivity (Wildman–Crippen MR) is 42.7 cm³/mol. The van der Waals surface area contributed by atoms with Crippen LogP contribution in [0.2, 0.25) is 0 Å². The highest BCUT2D eigenvalue weighted by atomic mass is 32.2. The van der Waals surface area contributed by atoms with Gasteiger partial charge in [-0.25, -0.2) is 17.2 Å². The van der Waals surface area contributed by atoms with E-state index in [-0.39, 0.29) is 0 Å². The van der Waals surface area contributed by atoms with Crippen molar-refractivity contribution < 1.29 is 17.2 Å². The molecule has 0 aliphatic carbocycles. The number of alkyl halides is 2. The fraction of sp³-hybridized carbons (Fsp3) is 1.00. The second kappa shape index (κ2) is 4.13. The van der Waals surface area contributed by atoms with Crippen molar-refractivity contribution in [2.75, 3.05) is 12.8 Å². The topological polar surface area (TPSA) is 37.4 Å². The average molecular weight is 201 g/mol. The SMILES string of the molecule is CC(C)N(CC(F)F)S(C)(=O)=O. The molecule has 0 fully saturated rings. The van der Waals surface area contributed by atoms with Crippen molar-refractivity contribution in [3.63, 3.8) is 0 Å². The number of hydrogen-bond acceptors (Lipinski definition) is 2. The smallest absolute Gasteiger partial charge is 0.212 e. The number of rotatable bonds is 4. The van der Waals surface area contributed by atoms with Gasteiger partial charge in [-0.1, -0.05) is 0 Å². The van der Waals surface area contributed by atoms with Gasteiger partial charge in [-0.15, -0.1) is 0 Å². The number of hydrogen-bond donors (Lipinski definition) is 0. The van der Waals surface area contributed by atoms with Crippen LogP contribution >= 0.6 is 0 Å². The van der Waals surface area contributed by atoms with Gasteiger partial charge >= 0.3 is 0 Å². The first-order chi connectivity index (χ1) is 5.25. The first-order valence-electron chi connectivity index (χ1n) is 3.50. The lowest BCUT2D eigenvalue weighted by Crippen LogP contribution is -2.39. The van der Waals surface area contributed by atoms with Crippen LogP contribution in [0.1, 0.15) is 13.8 Å². The summed E-state index contributed by atoms with van der Waals surface area (Å²) in [4.78, 5) is 0. The molecule has 0 rings (SSSR count). The number of halogens is 2. The lowest BCUT2D eigenvalue weighted by Gasteiger charge is -2.23. The van der Waals surface area contributed by atoms with E-state index in [1.165, 1.54) is 0 Å². The molecular formula is C6H13F2NO2S. The maximum atomic E-state index is 11.9. The van der Waals surface area contributed by atoms with Crippen LogP contribution in [0.3, 0.4) is 0 Å². The van der Waals surface area contributed by atoms with Crippen molar-refractivity contribution in [1.82, 2.24) is 4.31 Å². The van der Waals surface area contributed by atoms with E-state index in [1.54, 1.807) is 13.8 Å². The zero-order valence-electron chi connectivity index (χ0n) is 7.29. The molecule has 0 heterocycles. The van der Waals surface area contributed by atoms with Gasteiger partial charge in [0, 0.05) is 6.04 Å². The third-order valence-corrected chi connectivity index (χ3v) is 2.74. The highest BCUT2D eigenvalue weighted by Crippen LogP contribution is 2.08. The van der Waals surface area contributed by atoms with E-state index in [1.807, 2.05) is 0 Å². The fourth-order valence-corrected chi connectivity index (χ4v) is 2.01. The molecule has 0 aliphatic rings. The van der Waals surface area contributed by atoms with Crippen LogP contribution in [0, 0.1) is 0 Å². The Bertz CT molecular complexity index is 226. The lowest BCUT2D eigenvalue weighted by atomic mass is 10.4. The Labute approximate surface area is 71.4 Å². The molecule has 0 aromatic rings. The van der Waals surface area contributed by atoms with Gasteiger partial charge in [0.1, 0.15) is 0 Å². The van der Waals surface area contributed by atoms with Crippen LogP contribution in [0.4, 0.5) is 8.78 Å². The molecule has 0 atom stereocenters. The summed E-state index contributed by atoms with van der Waals surface area (Å²) in [6, 6.07) is -0.422. The summed E-state index contributed by atoms with van der Waals surface area (Å²) < 4.78 is 46.3. The van der Waals surface area contributed by atoms with Crippen LogP contribution in [-0.2, 0) is 10.0 Å². The molecule has 0 N–H and O–H groups in total. The monoisotopic (exact) mass is 201 g/mol. The van der Waals surface area contributed by atoms with Crippen LogP contribution in [-0.4, -0.2) is 38.0 Å². The maximum absolute atomic E-state index is 11.9. The molecule has 0 saturated carbocycles. The summed E-state index contributed by atoms with van der Waals surface area (Å²) in [5.74, 6) is 0. The second-order valence-electron chi connectivity index (χ2n) is 2.82. The number of nitrogens with zero attached hydrogens (tertiary/aromatic N) is 1. The Kier molecular flexibility index (Phi) is 4.05. The van der Waals surface area contributed by atoms with Crippen LogP contribution in [0.25, 0.3) is 0 Å². The van der Waals surface area contributed by atoms with E-state index in [0.29, 0.717) is 0 Å². The first kappa shape index (κ1) is 11.8. The minimum atomic E-state index is -3.51. The van der Waals surface area contributed by atoms with E-state index < -0.39 is 29.0 Å². The molecule has 0 saturated heterocycles. The summed E-state index contributed by atoms with van der Waals surface area (Å²) in [6.07, 6.45) is -1.70. The largest absolute Gasteiger partial charge is 0.252 e. The Balaban J connectivity index is 4.47. The summed E-state index contributed by atoms with van der Waals surface area (Å²) >= 11 is 0. The van der Waals surface area contributed by atoms with E-state index >= 15 is 0 Å². The Hall–Kier alpha value is -0.230. The molecule has 3 nitrogen and oxygen atoms in total. The maximum Gasteiger partial charge on any atom is 0.252 e. The zero-order valence-corrected chi connectivity index (χ0v) is 8.11. The second-order valence-corrected chi connectivity index (χ2v) is 4.75. The van der Waals surface area contributed by atoms with E-state index in [2.05, 4.69) is 0 Å². The molecule has 0 radical (unpaired) electrons. The minimum Gasteiger partial charge on any atom is -0.212 e. The predicted octanol–water partition coefficient (Wildman–Crippen LogP) is 0.922. The normalized spacial score (nSPS) is 13.3. The van der Waals surface area contributed by atoms with E-state index in [0.717, 1.165) is 10.6 Å².